The monoisotopic (exact) mass is 384 g/mol. The highest BCUT2D eigenvalue weighted by Gasteiger charge is 2.47. The molecule has 2 aliphatic rings. The Morgan fingerprint density at radius 1 is 1.26 bits per heavy atom. The summed E-state index contributed by atoms with van der Waals surface area (Å²) in [6, 6.07) is 6.65. The van der Waals surface area contributed by atoms with Crippen LogP contribution in [0.2, 0.25) is 0 Å². The summed E-state index contributed by atoms with van der Waals surface area (Å²) in [4.78, 5) is 43.4. The summed E-state index contributed by atoms with van der Waals surface area (Å²) in [5.74, 6) is -0.707. The van der Waals surface area contributed by atoms with Gasteiger partial charge in [0.2, 0.25) is 11.8 Å². The number of nitrogens with one attached hydrogen (secondary N) is 2. The quantitative estimate of drug-likeness (QED) is 0.790. The normalized spacial score (nSPS) is 18.3. The van der Waals surface area contributed by atoms with Crippen LogP contribution in [0.25, 0.3) is 0 Å². The Morgan fingerprint density at radius 2 is 2.04 bits per heavy atom. The molecule has 0 saturated heterocycles. The fourth-order valence-electron chi connectivity index (χ4n) is 3.34. The number of thiazole rings is 1. The minimum Gasteiger partial charge on any atom is -0.349 e. The van der Waals surface area contributed by atoms with Crippen molar-refractivity contribution in [2.75, 3.05) is 6.54 Å². The molecule has 1 fully saturated rings. The zero-order chi connectivity index (χ0) is 19.0. The predicted octanol–water partition coefficient (Wildman–Crippen LogP) is 1.54. The Labute approximate surface area is 160 Å². The molecule has 3 amide bonds. The number of nitrogens with zero attached hydrogens (tertiary/aromatic N) is 2. The first-order valence-electron chi connectivity index (χ1n) is 8.91. The van der Waals surface area contributed by atoms with E-state index in [4.69, 9.17) is 0 Å². The summed E-state index contributed by atoms with van der Waals surface area (Å²) in [6.07, 6.45) is 1.83. The fraction of sp³-hybridized carbons (Fsp3) is 0.368. The summed E-state index contributed by atoms with van der Waals surface area (Å²) in [7, 11) is 0. The van der Waals surface area contributed by atoms with Gasteiger partial charge in [-0.1, -0.05) is 18.2 Å². The van der Waals surface area contributed by atoms with Crippen LogP contribution in [0.4, 0.5) is 0 Å². The maximum absolute atomic E-state index is 12.8. The van der Waals surface area contributed by atoms with Gasteiger partial charge < -0.3 is 15.5 Å². The summed E-state index contributed by atoms with van der Waals surface area (Å²) >= 11 is 1.52. The van der Waals surface area contributed by atoms with Gasteiger partial charge in [0.1, 0.15) is 6.04 Å². The van der Waals surface area contributed by atoms with Gasteiger partial charge in [0.25, 0.3) is 5.91 Å². The molecule has 2 N–H and O–H groups in total. The van der Waals surface area contributed by atoms with Gasteiger partial charge in [-0.05, 0) is 31.4 Å². The second-order valence-electron chi connectivity index (χ2n) is 6.79. The average molecular weight is 384 g/mol. The lowest BCUT2D eigenvalue weighted by Gasteiger charge is -2.24. The highest BCUT2D eigenvalue weighted by molar-refractivity contribution is 7.09. The minimum atomic E-state index is -0.657. The van der Waals surface area contributed by atoms with Crippen LogP contribution < -0.4 is 10.6 Å². The number of hydrogen-bond donors (Lipinski definition) is 2. The molecular formula is C19H20N4O3S. The van der Waals surface area contributed by atoms with E-state index in [1.807, 2.05) is 24.4 Å². The molecule has 2 aromatic rings. The second-order valence-corrected chi connectivity index (χ2v) is 7.85. The topological polar surface area (TPSA) is 91.4 Å². The van der Waals surface area contributed by atoms with Crippen LogP contribution in [0.1, 0.15) is 45.5 Å². The van der Waals surface area contributed by atoms with E-state index in [1.54, 1.807) is 17.0 Å². The first kappa shape index (κ1) is 17.7. The van der Waals surface area contributed by atoms with Crippen molar-refractivity contribution in [3.05, 3.63) is 51.5 Å². The Morgan fingerprint density at radius 3 is 2.74 bits per heavy atom. The van der Waals surface area contributed by atoms with E-state index in [2.05, 4.69) is 15.6 Å². The first-order valence-corrected chi connectivity index (χ1v) is 9.79. The Balaban J connectivity index is 1.38. The molecule has 140 valence electrons. The van der Waals surface area contributed by atoms with E-state index in [1.165, 1.54) is 11.3 Å². The van der Waals surface area contributed by atoms with E-state index < -0.39 is 6.04 Å². The summed E-state index contributed by atoms with van der Waals surface area (Å²) < 4.78 is 0. The van der Waals surface area contributed by atoms with Crippen LogP contribution in [-0.4, -0.2) is 40.2 Å². The van der Waals surface area contributed by atoms with Crippen LogP contribution in [-0.2, 0) is 16.1 Å². The van der Waals surface area contributed by atoms with Gasteiger partial charge >= 0.3 is 0 Å². The lowest BCUT2D eigenvalue weighted by molar-refractivity contribution is -0.129. The minimum absolute atomic E-state index is 0.100. The number of aryl methyl sites for hydroxylation is 1. The lowest BCUT2D eigenvalue weighted by atomic mass is 10.0. The Kier molecular flexibility index (Phi) is 4.65. The van der Waals surface area contributed by atoms with Crippen molar-refractivity contribution in [2.45, 2.75) is 38.4 Å². The third-order valence-electron chi connectivity index (χ3n) is 4.74. The zero-order valence-electron chi connectivity index (χ0n) is 14.9. The number of rotatable bonds is 6. The van der Waals surface area contributed by atoms with Crippen molar-refractivity contribution >= 4 is 29.1 Å². The van der Waals surface area contributed by atoms with Gasteiger partial charge in [-0.3, -0.25) is 14.4 Å². The summed E-state index contributed by atoms with van der Waals surface area (Å²) in [5.41, 5.74) is 2.09. The summed E-state index contributed by atoms with van der Waals surface area (Å²) in [5, 5.41) is 8.25. The van der Waals surface area contributed by atoms with Gasteiger partial charge in [0.05, 0.1) is 23.8 Å². The van der Waals surface area contributed by atoms with Gasteiger partial charge in [-0.15, -0.1) is 11.3 Å². The van der Waals surface area contributed by atoms with Crippen molar-refractivity contribution < 1.29 is 14.4 Å². The van der Waals surface area contributed by atoms with Crippen molar-refractivity contribution in [1.82, 2.24) is 20.5 Å². The number of carbonyl (C=O) groups excluding carboxylic acids is 3. The summed E-state index contributed by atoms with van der Waals surface area (Å²) in [6.45, 7) is 2.11. The lowest BCUT2D eigenvalue weighted by Crippen LogP contribution is -2.43. The first-order chi connectivity index (χ1) is 13.0. The third kappa shape index (κ3) is 3.57. The van der Waals surface area contributed by atoms with Crippen LogP contribution in [0.3, 0.4) is 0 Å². The fourth-order valence-corrected chi connectivity index (χ4v) is 3.95. The Hall–Kier alpha value is -2.74. The van der Waals surface area contributed by atoms with Crippen LogP contribution >= 0.6 is 11.3 Å². The van der Waals surface area contributed by atoms with Crippen molar-refractivity contribution in [2.24, 2.45) is 0 Å². The molecule has 1 saturated carbocycles. The molecule has 1 atom stereocenters. The van der Waals surface area contributed by atoms with Gasteiger partial charge in [-0.25, -0.2) is 4.98 Å². The van der Waals surface area contributed by atoms with Crippen LogP contribution in [0, 0.1) is 6.92 Å². The number of fused-ring (bicyclic) bond motifs is 1. The predicted molar refractivity (Wildman–Crippen MR) is 100 cm³/mol. The smallest absolute Gasteiger partial charge is 0.255 e. The highest BCUT2D eigenvalue weighted by atomic mass is 32.1. The molecule has 2 heterocycles. The average Bonchev–Trinajstić information content (AvgIpc) is 3.35. The molecule has 4 rings (SSSR count). The SMILES string of the molecule is Cc1nc(CNC(=O)CNC(=O)C2c3ccccc3C(=O)N2C2CC2)cs1. The maximum atomic E-state index is 12.8. The van der Waals surface area contributed by atoms with Crippen molar-refractivity contribution in [1.29, 1.82) is 0 Å². The number of hydrogen-bond acceptors (Lipinski definition) is 5. The standard InChI is InChI=1S/C19H20N4O3S/c1-11-22-12(10-27-11)8-20-16(24)9-21-18(25)17-14-4-2-3-5-15(14)19(26)23(17)13-6-7-13/h2-5,10,13,17H,6-9H2,1H3,(H,20,24)(H,21,25). The molecular weight excluding hydrogens is 364 g/mol. The number of carbonyl (C=O) groups is 3. The number of benzene rings is 1. The van der Waals surface area contributed by atoms with E-state index in [0.29, 0.717) is 17.7 Å². The molecule has 27 heavy (non-hydrogen) atoms. The molecule has 7 nitrogen and oxygen atoms in total. The van der Waals surface area contributed by atoms with Crippen molar-refractivity contribution in [3.8, 4) is 0 Å². The van der Waals surface area contributed by atoms with Crippen molar-refractivity contribution in [3.63, 3.8) is 0 Å². The van der Waals surface area contributed by atoms with E-state index in [9.17, 15) is 14.4 Å². The van der Waals surface area contributed by atoms with Gasteiger partial charge in [0.15, 0.2) is 0 Å². The second kappa shape index (κ2) is 7.11. The molecule has 1 unspecified atom stereocenters. The molecule has 0 bridgehead atoms. The van der Waals surface area contributed by atoms with Crippen LogP contribution in [0.5, 0.6) is 0 Å². The third-order valence-corrected chi connectivity index (χ3v) is 5.57. The van der Waals surface area contributed by atoms with E-state index >= 15 is 0 Å². The maximum Gasteiger partial charge on any atom is 0.255 e. The van der Waals surface area contributed by atoms with E-state index in [0.717, 1.165) is 23.5 Å². The van der Waals surface area contributed by atoms with Gasteiger partial charge in [0, 0.05) is 17.0 Å². The molecule has 1 aromatic carbocycles. The molecule has 1 aliphatic carbocycles. The molecule has 1 aromatic heterocycles. The molecule has 8 heteroatoms. The highest BCUT2D eigenvalue weighted by Crippen LogP contribution is 2.41. The molecule has 0 radical (unpaired) electrons. The molecule has 1 aliphatic heterocycles. The number of amides is 3. The Bertz CT molecular complexity index is 906. The largest absolute Gasteiger partial charge is 0.349 e. The van der Waals surface area contributed by atoms with E-state index in [-0.39, 0.29) is 30.3 Å². The van der Waals surface area contributed by atoms with Crippen LogP contribution in [0.15, 0.2) is 29.6 Å². The van der Waals surface area contributed by atoms with Gasteiger partial charge in [-0.2, -0.15) is 0 Å². The zero-order valence-corrected chi connectivity index (χ0v) is 15.7. The molecule has 0 spiro atoms. The number of aromatic nitrogens is 1.